The van der Waals surface area contributed by atoms with Crippen LogP contribution in [0.5, 0.6) is 0 Å². The Morgan fingerprint density at radius 2 is 2.05 bits per heavy atom. The third-order valence-corrected chi connectivity index (χ3v) is 3.49. The summed E-state index contributed by atoms with van der Waals surface area (Å²) in [4.78, 5) is 22.4. The molecule has 0 heterocycles. The zero-order valence-corrected chi connectivity index (χ0v) is 12.4. The van der Waals surface area contributed by atoms with Crippen LogP contribution in [0.1, 0.15) is 39.5 Å². The second-order valence-corrected chi connectivity index (χ2v) is 5.74. The molecule has 0 saturated heterocycles. The summed E-state index contributed by atoms with van der Waals surface area (Å²) in [7, 11) is 0. The Bertz CT molecular complexity index is 320. The van der Waals surface area contributed by atoms with Gasteiger partial charge in [-0.15, -0.1) is 0 Å². The number of nitrogens with one attached hydrogen (secondary N) is 2. The van der Waals surface area contributed by atoms with Gasteiger partial charge in [0.15, 0.2) is 0 Å². The predicted octanol–water partition coefficient (Wildman–Crippen LogP) is 1.60. The molecule has 20 heavy (non-hydrogen) atoms. The van der Waals surface area contributed by atoms with Crippen LogP contribution in [0.15, 0.2) is 0 Å². The molecule has 6 heteroatoms. The SMILES string of the molecule is CC(C)CCOCCNC(=O)N[C@H]1CC[C@@H](C(=O)O)C1. The Hall–Kier alpha value is -1.30. The average Bonchev–Trinajstić information content (AvgIpc) is 2.81. The maximum atomic E-state index is 11.6. The van der Waals surface area contributed by atoms with E-state index in [0.29, 0.717) is 38.5 Å². The van der Waals surface area contributed by atoms with Gasteiger partial charge >= 0.3 is 12.0 Å². The molecule has 1 fully saturated rings. The van der Waals surface area contributed by atoms with Gasteiger partial charge in [0.25, 0.3) is 0 Å². The molecular formula is C14H26N2O4. The van der Waals surface area contributed by atoms with Crippen LogP contribution in [0.4, 0.5) is 4.79 Å². The van der Waals surface area contributed by atoms with Crippen LogP contribution < -0.4 is 10.6 Å². The fourth-order valence-corrected chi connectivity index (χ4v) is 2.23. The lowest BCUT2D eigenvalue weighted by Gasteiger charge is -2.13. The summed E-state index contributed by atoms with van der Waals surface area (Å²) in [5.41, 5.74) is 0. The first-order valence-corrected chi connectivity index (χ1v) is 7.34. The van der Waals surface area contributed by atoms with Gasteiger partial charge in [-0.25, -0.2) is 4.79 Å². The normalized spacial score (nSPS) is 21.9. The maximum absolute atomic E-state index is 11.6. The molecule has 0 aromatic carbocycles. The van der Waals surface area contributed by atoms with Crippen LogP contribution in [-0.2, 0) is 9.53 Å². The van der Waals surface area contributed by atoms with E-state index in [4.69, 9.17) is 9.84 Å². The zero-order chi connectivity index (χ0) is 15.0. The minimum atomic E-state index is -0.770. The van der Waals surface area contributed by atoms with Crippen LogP contribution in [0, 0.1) is 11.8 Å². The summed E-state index contributed by atoms with van der Waals surface area (Å²) >= 11 is 0. The molecule has 0 spiro atoms. The molecule has 1 aliphatic rings. The van der Waals surface area contributed by atoms with E-state index in [0.717, 1.165) is 12.8 Å². The summed E-state index contributed by atoms with van der Waals surface area (Å²) in [5.74, 6) is -0.469. The fourth-order valence-electron chi connectivity index (χ4n) is 2.23. The van der Waals surface area contributed by atoms with Crippen molar-refractivity contribution in [1.82, 2.24) is 10.6 Å². The monoisotopic (exact) mass is 286 g/mol. The van der Waals surface area contributed by atoms with Crippen molar-refractivity contribution in [1.29, 1.82) is 0 Å². The first kappa shape index (κ1) is 16.8. The van der Waals surface area contributed by atoms with Gasteiger partial charge in [0.1, 0.15) is 0 Å². The second kappa shape index (κ2) is 8.79. The van der Waals surface area contributed by atoms with Crippen molar-refractivity contribution < 1.29 is 19.4 Å². The van der Waals surface area contributed by atoms with Gasteiger partial charge in [0.2, 0.25) is 0 Å². The topological polar surface area (TPSA) is 87.7 Å². The van der Waals surface area contributed by atoms with Gasteiger partial charge in [0, 0.05) is 19.2 Å². The average molecular weight is 286 g/mol. The molecule has 2 atom stereocenters. The van der Waals surface area contributed by atoms with Gasteiger partial charge in [-0.1, -0.05) is 13.8 Å². The number of carboxylic acids is 1. The summed E-state index contributed by atoms with van der Waals surface area (Å²) in [6, 6.07) is -0.272. The molecule has 1 aliphatic carbocycles. The van der Waals surface area contributed by atoms with E-state index in [-0.39, 0.29) is 18.0 Å². The van der Waals surface area contributed by atoms with Crippen LogP contribution in [-0.4, -0.2) is 42.9 Å². The van der Waals surface area contributed by atoms with Gasteiger partial charge in [-0.3, -0.25) is 4.79 Å². The van der Waals surface area contributed by atoms with Crippen molar-refractivity contribution in [3.05, 3.63) is 0 Å². The van der Waals surface area contributed by atoms with E-state index in [2.05, 4.69) is 24.5 Å². The number of amides is 2. The highest BCUT2D eigenvalue weighted by Gasteiger charge is 2.30. The zero-order valence-electron chi connectivity index (χ0n) is 12.4. The molecular weight excluding hydrogens is 260 g/mol. The third-order valence-electron chi connectivity index (χ3n) is 3.49. The van der Waals surface area contributed by atoms with Crippen molar-refractivity contribution in [2.24, 2.45) is 11.8 Å². The van der Waals surface area contributed by atoms with E-state index in [1.54, 1.807) is 0 Å². The molecule has 3 N–H and O–H groups in total. The molecule has 0 radical (unpaired) electrons. The Morgan fingerprint density at radius 1 is 1.30 bits per heavy atom. The van der Waals surface area contributed by atoms with E-state index in [1.807, 2.05) is 0 Å². The Balaban J connectivity index is 2.02. The number of carbonyl (C=O) groups excluding carboxylic acids is 1. The number of hydrogen-bond donors (Lipinski definition) is 3. The second-order valence-electron chi connectivity index (χ2n) is 5.74. The number of rotatable bonds is 8. The first-order valence-electron chi connectivity index (χ1n) is 7.34. The standard InChI is InChI=1S/C14H26N2O4/c1-10(2)5-7-20-8-6-15-14(19)16-12-4-3-11(9-12)13(17)18/h10-12H,3-9H2,1-2H3,(H,17,18)(H2,15,16,19)/t11-,12+/m1/s1. The summed E-state index contributed by atoms with van der Waals surface area (Å²) in [5, 5.41) is 14.4. The maximum Gasteiger partial charge on any atom is 0.315 e. The molecule has 116 valence electrons. The molecule has 0 aliphatic heterocycles. The number of aliphatic carboxylic acids is 1. The number of carboxylic acid groups (broad SMARTS) is 1. The number of urea groups is 1. The van der Waals surface area contributed by atoms with Crippen LogP contribution in [0.3, 0.4) is 0 Å². The molecule has 0 aromatic heterocycles. The highest BCUT2D eigenvalue weighted by atomic mass is 16.5. The Labute approximate surface area is 120 Å². The van der Waals surface area contributed by atoms with Crippen molar-refractivity contribution >= 4 is 12.0 Å². The van der Waals surface area contributed by atoms with Crippen LogP contribution in [0.2, 0.25) is 0 Å². The van der Waals surface area contributed by atoms with E-state index in [1.165, 1.54) is 0 Å². The van der Waals surface area contributed by atoms with E-state index < -0.39 is 5.97 Å². The fraction of sp³-hybridized carbons (Fsp3) is 0.857. The van der Waals surface area contributed by atoms with Gasteiger partial charge in [0.05, 0.1) is 12.5 Å². The smallest absolute Gasteiger partial charge is 0.315 e. The molecule has 0 unspecified atom stereocenters. The predicted molar refractivity (Wildman–Crippen MR) is 75.6 cm³/mol. The van der Waals surface area contributed by atoms with E-state index >= 15 is 0 Å². The molecule has 0 aromatic rings. The summed E-state index contributed by atoms with van der Waals surface area (Å²) in [6.45, 7) is 5.97. The molecule has 2 amide bonds. The number of ether oxygens (including phenoxy) is 1. The lowest BCUT2D eigenvalue weighted by atomic mass is 10.1. The molecule has 6 nitrogen and oxygen atoms in total. The first-order chi connectivity index (χ1) is 9.49. The van der Waals surface area contributed by atoms with Gasteiger partial charge in [-0.2, -0.15) is 0 Å². The molecule has 0 bridgehead atoms. The van der Waals surface area contributed by atoms with Crippen molar-refractivity contribution in [3.63, 3.8) is 0 Å². The highest BCUT2D eigenvalue weighted by molar-refractivity contribution is 5.75. The van der Waals surface area contributed by atoms with Gasteiger partial charge < -0.3 is 20.5 Å². The largest absolute Gasteiger partial charge is 0.481 e. The van der Waals surface area contributed by atoms with E-state index in [9.17, 15) is 9.59 Å². The van der Waals surface area contributed by atoms with Crippen LogP contribution in [0.25, 0.3) is 0 Å². The minimum Gasteiger partial charge on any atom is -0.481 e. The third kappa shape index (κ3) is 6.75. The molecule has 1 rings (SSSR count). The van der Waals surface area contributed by atoms with Gasteiger partial charge in [-0.05, 0) is 31.6 Å². The quantitative estimate of drug-likeness (QED) is 0.591. The number of hydrogen-bond acceptors (Lipinski definition) is 3. The Morgan fingerprint density at radius 3 is 2.65 bits per heavy atom. The molecule has 1 saturated carbocycles. The Kier molecular flexibility index (Phi) is 7.36. The number of carbonyl (C=O) groups is 2. The summed E-state index contributed by atoms with van der Waals surface area (Å²) in [6.07, 6.45) is 2.91. The lowest BCUT2D eigenvalue weighted by molar-refractivity contribution is -0.141. The van der Waals surface area contributed by atoms with Crippen LogP contribution >= 0.6 is 0 Å². The highest BCUT2D eigenvalue weighted by Crippen LogP contribution is 2.25. The van der Waals surface area contributed by atoms with Crippen molar-refractivity contribution in [3.8, 4) is 0 Å². The van der Waals surface area contributed by atoms with Crippen molar-refractivity contribution in [2.75, 3.05) is 19.8 Å². The summed E-state index contributed by atoms with van der Waals surface area (Å²) < 4.78 is 5.39. The lowest BCUT2D eigenvalue weighted by Crippen LogP contribution is -2.42. The van der Waals surface area contributed by atoms with Crippen molar-refractivity contribution in [2.45, 2.75) is 45.6 Å². The minimum absolute atomic E-state index is 0.0297.